The lowest BCUT2D eigenvalue weighted by Gasteiger charge is -2.23. The number of aliphatic hydroxyl groups is 2. The van der Waals surface area contributed by atoms with Crippen molar-refractivity contribution in [3.05, 3.63) is 29.8 Å². The van der Waals surface area contributed by atoms with Crippen molar-refractivity contribution in [1.82, 2.24) is 5.32 Å². The Bertz CT molecular complexity index is 361. The SMILES string of the molecule is COc1ccc(C2NCC(CO)(CO)O2)cc1. The van der Waals surface area contributed by atoms with Crippen molar-refractivity contribution < 1.29 is 19.7 Å². The molecule has 3 N–H and O–H groups in total. The molecule has 1 aromatic carbocycles. The molecule has 0 saturated carbocycles. The monoisotopic (exact) mass is 239 g/mol. The van der Waals surface area contributed by atoms with Crippen LogP contribution >= 0.6 is 0 Å². The van der Waals surface area contributed by atoms with Crippen LogP contribution in [-0.2, 0) is 4.74 Å². The maximum atomic E-state index is 9.22. The fraction of sp³-hybridized carbons (Fsp3) is 0.500. The number of benzene rings is 1. The molecule has 1 aliphatic heterocycles. The second-order valence-corrected chi connectivity index (χ2v) is 4.15. The largest absolute Gasteiger partial charge is 0.497 e. The number of ether oxygens (including phenoxy) is 2. The fourth-order valence-electron chi connectivity index (χ4n) is 1.81. The lowest BCUT2D eigenvalue weighted by Crippen LogP contribution is -2.41. The molecule has 1 atom stereocenters. The maximum Gasteiger partial charge on any atom is 0.135 e. The highest BCUT2D eigenvalue weighted by atomic mass is 16.6. The van der Waals surface area contributed by atoms with Crippen molar-refractivity contribution in [2.24, 2.45) is 0 Å². The molecule has 5 nitrogen and oxygen atoms in total. The molecule has 2 rings (SSSR count). The average Bonchev–Trinajstić information content (AvgIpc) is 2.84. The summed E-state index contributed by atoms with van der Waals surface area (Å²) in [5.41, 5.74) is 0.0551. The minimum Gasteiger partial charge on any atom is -0.497 e. The fourth-order valence-corrected chi connectivity index (χ4v) is 1.81. The molecule has 0 aliphatic carbocycles. The summed E-state index contributed by atoms with van der Waals surface area (Å²) in [4.78, 5) is 0. The van der Waals surface area contributed by atoms with Crippen LogP contribution in [0.4, 0.5) is 0 Å². The van der Waals surface area contributed by atoms with Crippen LogP contribution in [0.3, 0.4) is 0 Å². The summed E-state index contributed by atoms with van der Waals surface area (Å²) < 4.78 is 10.7. The zero-order valence-corrected chi connectivity index (χ0v) is 9.72. The third-order valence-corrected chi connectivity index (χ3v) is 2.97. The van der Waals surface area contributed by atoms with Gasteiger partial charge in [-0.25, -0.2) is 0 Å². The Labute approximate surface area is 100.0 Å². The normalized spacial score (nSPS) is 22.6. The maximum absolute atomic E-state index is 9.22. The smallest absolute Gasteiger partial charge is 0.135 e. The van der Waals surface area contributed by atoms with E-state index in [2.05, 4.69) is 5.32 Å². The van der Waals surface area contributed by atoms with Gasteiger partial charge in [0.2, 0.25) is 0 Å². The van der Waals surface area contributed by atoms with E-state index in [0.717, 1.165) is 11.3 Å². The Kier molecular flexibility index (Phi) is 3.63. The molecule has 5 heteroatoms. The van der Waals surface area contributed by atoms with Crippen molar-refractivity contribution in [2.75, 3.05) is 26.9 Å². The topological polar surface area (TPSA) is 71.0 Å². The van der Waals surface area contributed by atoms with Crippen molar-refractivity contribution in [1.29, 1.82) is 0 Å². The van der Waals surface area contributed by atoms with E-state index in [4.69, 9.17) is 9.47 Å². The number of nitrogens with one attached hydrogen (secondary N) is 1. The summed E-state index contributed by atoms with van der Waals surface area (Å²) in [7, 11) is 1.61. The van der Waals surface area contributed by atoms with Crippen molar-refractivity contribution in [3.8, 4) is 5.75 Å². The van der Waals surface area contributed by atoms with Crippen LogP contribution in [-0.4, -0.2) is 42.7 Å². The molecule has 0 amide bonds. The number of hydrogen-bond donors (Lipinski definition) is 3. The Hall–Kier alpha value is -1.14. The van der Waals surface area contributed by atoms with Crippen molar-refractivity contribution >= 4 is 0 Å². The highest BCUT2D eigenvalue weighted by Gasteiger charge is 2.39. The summed E-state index contributed by atoms with van der Waals surface area (Å²) in [6.45, 7) is 0.0169. The van der Waals surface area contributed by atoms with Gasteiger partial charge in [0.05, 0.1) is 20.3 Å². The van der Waals surface area contributed by atoms with E-state index < -0.39 is 5.60 Å². The van der Waals surface area contributed by atoms with E-state index in [9.17, 15) is 10.2 Å². The first-order chi connectivity index (χ1) is 8.23. The summed E-state index contributed by atoms with van der Waals surface area (Å²) in [5, 5.41) is 21.6. The van der Waals surface area contributed by atoms with E-state index in [1.807, 2.05) is 24.3 Å². The van der Waals surface area contributed by atoms with Gasteiger partial charge in [-0.3, -0.25) is 5.32 Å². The van der Waals surface area contributed by atoms with Crippen LogP contribution in [0.15, 0.2) is 24.3 Å². The van der Waals surface area contributed by atoms with E-state index >= 15 is 0 Å². The standard InChI is InChI=1S/C12H17NO4/c1-16-10-4-2-9(3-5-10)11-13-6-12(7-14,8-15)17-11/h2-5,11,13-15H,6-8H2,1H3. The molecule has 1 unspecified atom stereocenters. The van der Waals surface area contributed by atoms with Crippen LogP contribution in [0.1, 0.15) is 11.8 Å². The molecule has 17 heavy (non-hydrogen) atoms. The molecule has 94 valence electrons. The number of rotatable bonds is 4. The van der Waals surface area contributed by atoms with Crippen molar-refractivity contribution in [3.63, 3.8) is 0 Å². The first-order valence-electron chi connectivity index (χ1n) is 5.50. The minimum absolute atomic E-state index is 0.205. The van der Waals surface area contributed by atoms with E-state index in [1.54, 1.807) is 7.11 Å². The summed E-state index contributed by atoms with van der Waals surface area (Å²) >= 11 is 0. The second-order valence-electron chi connectivity index (χ2n) is 4.15. The number of aliphatic hydroxyl groups excluding tert-OH is 2. The second kappa shape index (κ2) is 5.01. The van der Waals surface area contributed by atoms with Gasteiger partial charge in [0.1, 0.15) is 17.6 Å². The lowest BCUT2D eigenvalue weighted by molar-refractivity contribution is -0.0976. The first-order valence-corrected chi connectivity index (χ1v) is 5.50. The van der Waals surface area contributed by atoms with Gasteiger partial charge in [-0.2, -0.15) is 0 Å². The molecule has 0 radical (unpaired) electrons. The average molecular weight is 239 g/mol. The molecule has 1 fully saturated rings. The molecule has 0 spiro atoms. The molecular formula is C12H17NO4. The zero-order chi connectivity index (χ0) is 12.3. The van der Waals surface area contributed by atoms with Crippen LogP contribution < -0.4 is 10.1 Å². The zero-order valence-electron chi connectivity index (χ0n) is 9.72. The third kappa shape index (κ3) is 2.42. The van der Waals surface area contributed by atoms with Gasteiger partial charge < -0.3 is 19.7 Å². The predicted octanol–water partition coefficient (Wildman–Crippen LogP) is 0.0370. The molecule has 0 bridgehead atoms. The summed E-state index contributed by atoms with van der Waals surface area (Å²) in [6, 6.07) is 7.47. The van der Waals surface area contributed by atoms with Gasteiger partial charge in [-0.15, -0.1) is 0 Å². The van der Waals surface area contributed by atoms with Crippen molar-refractivity contribution in [2.45, 2.75) is 11.8 Å². The molecule has 0 aromatic heterocycles. The van der Waals surface area contributed by atoms with Gasteiger partial charge in [0.15, 0.2) is 0 Å². The Morgan fingerprint density at radius 2 is 2.00 bits per heavy atom. The highest BCUT2D eigenvalue weighted by Crippen LogP contribution is 2.28. The van der Waals surface area contributed by atoms with Crippen LogP contribution in [0.5, 0.6) is 5.75 Å². The third-order valence-electron chi connectivity index (χ3n) is 2.97. The Balaban J connectivity index is 2.09. The van der Waals surface area contributed by atoms with Crippen LogP contribution in [0, 0.1) is 0 Å². The van der Waals surface area contributed by atoms with E-state index in [0.29, 0.717) is 6.54 Å². The number of hydrogen-bond acceptors (Lipinski definition) is 5. The molecular weight excluding hydrogens is 222 g/mol. The van der Waals surface area contributed by atoms with Crippen LogP contribution in [0.2, 0.25) is 0 Å². The van der Waals surface area contributed by atoms with E-state index in [1.165, 1.54) is 0 Å². The summed E-state index contributed by atoms with van der Waals surface area (Å²) in [6.07, 6.45) is -0.305. The quantitative estimate of drug-likeness (QED) is 0.692. The lowest BCUT2D eigenvalue weighted by atomic mass is 10.1. The number of methoxy groups -OCH3 is 1. The Morgan fingerprint density at radius 1 is 1.35 bits per heavy atom. The highest BCUT2D eigenvalue weighted by molar-refractivity contribution is 5.28. The Morgan fingerprint density at radius 3 is 2.47 bits per heavy atom. The molecule has 1 saturated heterocycles. The van der Waals surface area contributed by atoms with Gasteiger partial charge in [0, 0.05) is 6.54 Å². The van der Waals surface area contributed by atoms with Gasteiger partial charge >= 0.3 is 0 Å². The predicted molar refractivity (Wildman–Crippen MR) is 61.7 cm³/mol. The molecule has 1 aromatic rings. The van der Waals surface area contributed by atoms with Gasteiger partial charge in [-0.05, 0) is 17.7 Å². The van der Waals surface area contributed by atoms with E-state index in [-0.39, 0.29) is 19.4 Å². The molecule has 1 aliphatic rings. The summed E-state index contributed by atoms with van der Waals surface area (Å²) in [5.74, 6) is 0.780. The van der Waals surface area contributed by atoms with Gasteiger partial charge in [0.25, 0.3) is 0 Å². The van der Waals surface area contributed by atoms with Crippen LogP contribution in [0.25, 0.3) is 0 Å². The van der Waals surface area contributed by atoms with Gasteiger partial charge in [-0.1, -0.05) is 12.1 Å². The minimum atomic E-state index is -0.884. The first kappa shape index (κ1) is 12.3. The molecule has 1 heterocycles.